The Hall–Kier alpha value is -5.80. The van der Waals surface area contributed by atoms with Crippen LogP contribution < -0.4 is 0 Å². The smallest absolute Gasteiger partial charge is 0.0979 e. The van der Waals surface area contributed by atoms with Crippen LogP contribution in [-0.2, 0) is 0 Å². The average Bonchev–Trinajstić information content (AvgIpc) is 3.42. The SMILES string of the molecule is Cc1nc2c3ccccc3c3ccccc3c2nc1-c1ccccc1-c1ccc2c(c1)c1ccccc1n2-c1ccccc1. The first-order valence-corrected chi connectivity index (χ1v) is 15.0. The molecule has 0 spiro atoms. The summed E-state index contributed by atoms with van der Waals surface area (Å²) in [5.41, 5.74) is 10.7. The molecule has 2 heterocycles. The Balaban J connectivity index is 1.29. The molecule has 0 atom stereocenters. The Labute approximate surface area is 254 Å². The minimum absolute atomic E-state index is 0.917. The highest BCUT2D eigenvalue weighted by molar-refractivity contribution is 6.23. The van der Waals surface area contributed by atoms with E-state index in [0.29, 0.717) is 0 Å². The van der Waals surface area contributed by atoms with Crippen LogP contribution in [0.3, 0.4) is 0 Å². The van der Waals surface area contributed by atoms with Gasteiger partial charge in [-0.25, -0.2) is 9.97 Å². The number of nitrogens with zero attached hydrogens (tertiary/aromatic N) is 3. The molecule has 0 radical (unpaired) electrons. The lowest BCUT2D eigenvalue weighted by Gasteiger charge is -2.15. The molecule has 3 nitrogen and oxygen atoms in total. The van der Waals surface area contributed by atoms with Crippen molar-refractivity contribution in [3.05, 3.63) is 151 Å². The summed E-state index contributed by atoms with van der Waals surface area (Å²) in [4.78, 5) is 10.6. The van der Waals surface area contributed by atoms with Crippen LogP contribution in [0.4, 0.5) is 0 Å². The molecule has 44 heavy (non-hydrogen) atoms. The first-order chi connectivity index (χ1) is 21.8. The predicted molar refractivity (Wildman–Crippen MR) is 184 cm³/mol. The molecule has 0 saturated heterocycles. The number of fused-ring (bicyclic) bond motifs is 9. The van der Waals surface area contributed by atoms with Crippen molar-refractivity contribution in [2.24, 2.45) is 0 Å². The zero-order valence-electron chi connectivity index (χ0n) is 24.2. The monoisotopic (exact) mass is 561 g/mol. The Kier molecular flexibility index (Phi) is 5.41. The van der Waals surface area contributed by atoms with Gasteiger partial charge in [0.15, 0.2) is 0 Å². The second kappa shape index (κ2) is 9.62. The normalized spacial score (nSPS) is 11.8. The van der Waals surface area contributed by atoms with Gasteiger partial charge in [-0.15, -0.1) is 0 Å². The summed E-state index contributed by atoms with van der Waals surface area (Å²) < 4.78 is 2.36. The number of aromatic nitrogens is 3. The molecule has 3 heteroatoms. The summed E-state index contributed by atoms with van der Waals surface area (Å²) in [5, 5.41) is 7.15. The van der Waals surface area contributed by atoms with Crippen LogP contribution in [0.15, 0.2) is 146 Å². The molecule has 206 valence electrons. The maximum absolute atomic E-state index is 5.40. The van der Waals surface area contributed by atoms with E-state index in [9.17, 15) is 0 Å². The van der Waals surface area contributed by atoms with E-state index in [4.69, 9.17) is 9.97 Å². The molecule has 0 bridgehead atoms. The number of hydrogen-bond donors (Lipinski definition) is 0. The van der Waals surface area contributed by atoms with Crippen molar-refractivity contribution in [2.45, 2.75) is 6.92 Å². The van der Waals surface area contributed by atoms with Crippen molar-refractivity contribution in [3.63, 3.8) is 0 Å². The molecule has 0 amide bonds. The lowest BCUT2D eigenvalue weighted by Crippen LogP contribution is -1.98. The molecule has 0 aliphatic rings. The Morgan fingerprint density at radius 2 is 0.977 bits per heavy atom. The van der Waals surface area contributed by atoms with Crippen molar-refractivity contribution in [1.82, 2.24) is 14.5 Å². The van der Waals surface area contributed by atoms with Crippen LogP contribution in [0.2, 0.25) is 0 Å². The standard InChI is InChI=1S/C41H27N3/c1-26-39(43-41-35-21-10-7-17-31(35)30-16-6-9-20-34(30)40(41)42-26)33-19-8-5-15-29(33)27-23-24-38-36(25-27)32-18-11-12-22-37(32)44(38)28-13-3-2-4-14-28/h2-25H,1H3. The van der Waals surface area contributed by atoms with Gasteiger partial charge < -0.3 is 4.57 Å². The summed E-state index contributed by atoms with van der Waals surface area (Å²) in [6.45, 7) is 2.08. The topological polar surface area (TPSA) is 30.7 Å². The summed E-state index contributed by atoms with van der Waals surface area (Å²) in [7, 11) is 0. The average molecular weight is 562 g/mol. The van der Waals surface area contributed by atoms with Gasteiger partial charge in [0.05, 0.1) is 33.5 Å². The highest BCUT2D eigenvalue weighted by Crippen LogP contribution is 2.40. The molecule has 0 aliphatic heterocycles. The molecule has 9 aromatic rings. The minimum Gasteiger partial charge on any atom is -0.309 e. The van der Waals surface area contributed by atoms with E-state index in [1.165, 1.54) is 32.6 Å². The summed E-state index contributed by atoms with van der Waals surface area (Å²) in [6, 6.07) is 51.8. The molecular formula is C41H27N3. The van der Waals surface area contributed by atoms with Crippen LogP contribution in [0.1, 0.15) is 5.69 Å². The first kappa shape index (κ1) is 24.8. The van der Waals surface area contributed by atoms with Gasteiger partial charge in [0.25, 0.3) is 0 Å². The van der Waals surface area contributed by atoms with Crippen LogP contribution >= 0.6 is 0 Å². The first-order valence-electron chi connectivity index (χ1n) is 15.0. The Morgan fingerprint density at radius 3 is 1.70 bits per heavy atom. The maximum atomic E-state index is 5.40. The van der Waals surface area contributed by atoms with Gasteiger partial charge in [-0.3, -0.25) is 0 Å². The molecule has 0 saturated carbocycles. The molecular weight excluding hydrogens is 534 g/mol. The fraction of sp³-hybridized carbons (Fsp3) is 0.0244. The zero-order valence-corrected chi connectivity index (χ0v) is 24.2. The fourth-order valence-corrected chi connectivity index (χ4v) is 6.94. The summed E-state index contributed by atoms with van der Waals surface area (Å²) in [5.74, 6) is 0. The molecule has 0 aliphatic carbocycles. The lowest BCUT2D eigenvalue weighted by atomic mass is 9.94. The van der Waals surface area contributed by atoms with Gasteiger partial charge in [-0.05, 0) is 59.2 Å². The van der Waals surface area contributed by atoms with E-state index in [1.54, 1.807) is 0 Å². The molecule has 0 unspecified atom stereocenters. The number of hydrogen-bond acceptors (Lipinski definition) is 2. The maximum Gasteiger partial charge on any atom is 0.0979 e. The van der Waals surface area contributed by atoms with Crippen LogP contribution in [0.25, 0.3) is 82.5 Å². The van der Waals surface area contributed by atoms with E-state index < -0.39 is 0 Å². The fourth-order valence-electron chi connectivity index (χ4n) is 6.94. The molecule has 0 fully saturated rings. The Bertz CT molecular complexity index is 2560. The van der Waals surface area contributed by atoms with E-state index >= 15 is 0 Å². The van der Waals surface area contributed by atoms with Crippen molar-refractivity contribution in [3.8, 4) is 28.1 Å². The third-order valence-electron chi connectivity index (χ3n) is 8.90. The summed E-state index contributed by atoms with van der Waals surface area (Å²) in [6.07, 6.45) is 0. The highest BCUT2D eigenvalue weighted by atomic mass is 15.0. The van der Waals surface area contributed by atoms with Crippen LogP contribution in [-0.4, -0.2) is 14.5 Å². The van der Waals surface area contributed by atoms with Crippen molar-refractivity contribution < 1.29 is 0 Å². The van der Waals surface area contributed by atoms with Gasteiger partial charge in [-0.1, -0.05) is 115 Å². The van der Waals surface area contributed by atoms with E-state index in [2.05, 4.69) is 157 Å². The van der Waals surface area contributed by atoms with E-state index in [-0.39, 0.29) is 0 Å². The quantitative estimate of drug-likeness (QED) is 0.201. The summed E-state index contributed by atoms with van der Waals surface area (Å²) >= 11 is 0. The van der Waals surface area contributed by atoms with Gasteiger partial charge in [0.1, 0.15) is 0 Å². The third kappa shape index (κ3) is 3.63. The predicted octanol–water partition coefficient (Wildman–Crippen LogP) is 10.7. The third-order valence-corrected chi connectivity index (χ3v) is 8.90. The highest BCUT2D eigenvalue weighted by Gasteiger charge is 2.18. The second-order valence-corrected chi connectivity index (χ2v) is 11.4. The lowest BCUT2D eigenvalue weighted by molar-refractivity contribution is 1.18. The number of benzene rings is 7. The Morgan fingerprint density at radius 1 is 0.432 bits per heavy atom. The molecule has 9 rings (SSSR count). The number of para-hydroxylation sites is 2. The molecule has 7 aromatic carbocycles. The van der Waals surface area contributed by atoms with E-state index in [0.717, 1.165) is 55.6 Å². The van der Waals surface area contributed by atoms with Crippen LogP contribution in [0.5, 0.6) is 0 Å². The number of aryl methyl sites for hydroxylation is 1. The number of rotatable bonds is 3. The van der Waals surface area contributed by atoms with Gasteiger partial charge >= 0.3 is 0 Å². The zero-order chi connectivity index (χ0) is 29.2. The molecule has 0 N–H and O–H groups in total. The van der Waals surface area contributed by atoms with Gasteiger partial charge in [0.2, 0.25) is 0 Å². The van der Waals surface area contributed by atoms with Crippen molar-refractivity contribution in [1.29, 1.82) is 0 Å². The van der Waals surface area contributed by atoms with Crippen LogP contribution in [0, 0.1) is 6.92 Å². The van der Waals surface area contributed by atoms with E-state index in [1.807, 2.05) is 0 Å². The minimum atomic E-state index is 0.917. The van der Waals surface area contributed by atoms with Crippen molar-refractivity contribution >= 4 is 54.4 Å². The van der Waals surface area contributed by atoms with Crippen molar-refractivity contribution in [2.75, 3.05) is 0 Å². The second-order valence-electron chi connectivity index (χ2n) is 11.4. The largest absolute Gasteiger partial charge is 0.309 e. The van der Waals surface area contributed by atoms with Gasteiger partial charge in [-0.2, -0.15) is 0 Å². The van der Waals surface area contributed by atoms with Gasteiger partial charge in [0, 0.05) is 32.8 Å². The molecule has 2 aromatic heterocycles.